The number of nitrogens with zero attached hydrogens (tertiary/aromatic N) is 2. The zero-order valence-electron chi connectivity index (χ0n) is 13.2. The van der Waals surface area contributed by atoms with Gasteiger partial charge in [-0.3, -0.25) is 4.79 Å². The van der Waals surface area contributed by atoms with E-state index in [0.29, 0.717) is 17.5 Å². The molecule has 0 aliphatic carbocycles. The number of amides is 1. The average molecular weight is 309 g/mol. The first-order valence-electron chi connectivity index (χ1n) is 7.58. The number of aromatic nitrogens is 2. The molecule has 0 atom stereocenters. The fourth-order valence-corrected chi connectivity index (χ4v) is 2.38. The van der Waals surface area contributed by atoms with Gasteiger partial charge in [0.1, 0.15) is 5.75 Å². The predicted octanol–water partition coefficient (Wildman–Crippen LogP) is 3.63. The molecule has 0 aliphatic heterocycles. The van der Waals surface area contributed by atoms with E-state index in [-0.39, 0.29) is 12.5 Å². The molecule has 0 radical (unpaired) electrons. The number of fused-ring (bicyclic) bond motifs is 1. The van der Waals surface area contributed by atoms with E-state index >= 15 is 0 Å². The van der Waals surface area contributed by atoms with Crippen LogP contribution in [0.4, 0.5) is 5.69 Å². The highest BCUT2D eigenvalue weighted by molar-refractivity contribution is 5.94. The van der Waals surface area contributed by atoms with Crippen molar-refractivity contribution < 1.29 is 9.53 Å². The second kappa shape index (κ2) is 6.52. The van der Waals surface area contributed by atoms with E-state index in [2.05, 4.69) is 28.7 Å². The maximum absolute atomic E-state index is 12.0. The highest BCUT2D eigenvalue weighted by Crippen LogP contribution is 2.21. The normalized spacial score (nSPS) is 10.9. The summed E-state index contributed by atoms with van der Waals surface area (Å²) < 4.78 is 7.53. The Bertz CT molecular complexity index is 810. The average Bonchev–Trinajstić information content (AvgIpc) is 2.97. The summed E-state index contributed by atoms with van der Waals surface area (Å²) in [5, 5.41) is 2.83. The van der Waals surface area contributed by atoms with Gasteiger partial charge in [-0.25, -0.2) is 4.98 Å². The number of nitrogens with one attached hydrogen (secondary N) is 1. The smallest absolute Gasteiger partial charge is 0.262 e. The lowest BCUT2D eigenvalue weighted by atomic mass is 10.2. The number of para-hydroxylation sites is 1. The number of hydrogen-bond donors (Lipinski definition) is 1. The number of rotatable bonds is 5. The van der Waals surface area contributed by atoms with Gasteiger partial charge in [0.05, 0.1) is 17.4 Å². The molecule has 0 aliphatic rings. The van der Waals surface area contributed by atoms with Crippen LogP contribution in [0, 0.1) is 0 Å². The largest absolute Gasteiger partial charge is 0.484 e. The minimum Gasteiger partial charge on any atom is -0.484 e. The van der Waals surface area contributed by atoms with Crippen LogP contribution in [0.3, 0.4) is 0 Å². The fraction of sp³-hybridized carbons (Fsp3) is 0.222. The van der Waals surface area contributed by atoms with Gasteiger partial charge in [-0.05, 0) is 44.2 Å². The zero-order valence-corrected chi connectivity index (χ0v) is 13.2. The Hall–Kier alpha value is -2.82. The maximum atomic E-state index is 12.0. The van der Waals surface area contributed by atoms with E-state index in [1.165, 1.54) is 0 Å². The molecule has 0 bridgehead atoms. The Morgan fingerprint density at radius 2 is 2.00 bits per heavy atom. The molecule has 1 N–H and O–H groups in total. The Morgan fingerprint density at radius 1 is 1.22 bits per heavy atom. The summed E-state index contributed by atoms with van der Waals surface area (Å²) in [4.78, 5) is 16.4. The number of ether oxygens (including phenoxy) is 1. The molecule has 0 spiro atoms. The van der Waals surface area contributed by atoms with Gasteiger partial charge < -0.3 is 14.6 Å². The molecule has 0 saturated heterocycles. The Kier molecular flexibility index (Phi) is 4.28. The van der Waals surface area contributed by atoms with Crippen molar-refractivity contribution in [2.24, 2.45) is 0 Å². The maximum Gasteiger partial charge on any atom is 0.262 e. The minimum absolute atomic E-state index is 0.0253. The summed E-state index contributed by atoms with van der Waals surface area (Å²) in [7, 11) is 0. The molecule has 0 saturated carbocycles. The number of anilines is 1. The zero-order chi connectivity index (χ0) is 16.2. The first kappa shape index (κ1) is 15.1. The van der Waals surface area contributed by atoms with Crippen molar-refractivity contribution in [2.75, 3.05) is 11.9 Å². The Morgan fingerprint density at radius 3 is 2.74 bits per heavy atom. The van der Waals surface area contributed by atoms with Crippen molar-refractivity contribution in [1.82, 2.24) is 9.55 Å². The van der Waals surface area contributed by atoms with Crippen LogP contribution in [0.2, 0.25) is 0 Å². The van der Waals surface area contributed by atoms with Gasteiger partial charge in [-0.15, -0.1) is 0 Å². The molecule has 0 fully saturated rings. The highest BCUT2D eigenvalue weighted by atomic mass is 16.5. The number of benzene rings is 2. The number of carbonyl (C=O) groups excluding carboxylic acids is 1. The van der Waals surface area contributed by atoms with E-state index in [1.54, 1.807) is 0 Å². The lowest BCUT2D eigenvalue weighted by Gasteiger charge is -2.09. The number of imidazole rings is 1. The van der Waals surface area contributed by atoms with Crippen LogP contribution in [0.5, 0.6) is 5.75 Å². The van der Waals surface area contributed by atoms with Crippen LogP contribution in [0.1, 0.15) is 19.9 Å². The SMILES string of the molecule is CC(C)n1cnc2cc(NC(=O)COc3ccccc3)ccc21. The molecule has 1 heterocycles. The minimum atomic E-state index is -0.198. The van der Waals surface area contributed by atoms with Crippen LogP contribution >= 0.6 is 0 Å². The van der Waals surface area contributed by atoms with Gasteiger partial charge in [0.2, 0.25) is 0 Å². The van der Waals surface area contributed by atoms with Crippen LogP contribution in [-0.4, -0.2) is 22.1 Å². The van der Waals surface area contributed by atoms with Gasteiger partial charge in [-0.2, -0.15) is 0 Å². The molecule has 5 heteroatoms. The van der Waals surface area contributed by atoms with Gasteiger partial charge >= 0.3 is 0 Å². The summed E-state index contributed by atoms with van der Waals surface area (Å²) in [6, 6.07) is 15.3. The third-order valence-corrected chi connectivity index (χ3v) is 3.53. The Labute approximate surface area is 134 Å². The molecule has 3 aromatic rings. The third-order valence-electron chi connectivity index (χ3n) is 3.53. The van der Waals surface area contributed by atoms with Gasteiger partial charge in [0.15, 0.2) is 6.61 Å². The lowest BCUT2D eigenvalue weighted by Crippen LogP contribution is -2.20. The molecule has 118 valence electrons. The first-order valence-corrected chi connectivity index (χ1v) is 7.58. The summed E-state index contributed by atoms with van der Waals surface area (Å²) in [5.41, 5.74) is 2.63. The van der Waals surface area contributed by atoms with Gasteiger partial charge in [-0.1, -0.05) is 18.2 Å². The molecular weight excluding hydrogens is 290 g/mol. The van der Waals surface area contributed by atoms with E-state index in [0.717, 1.165) is 11.0 Å². The Balaban J connectivity index is 1.65. The predicted molar refractivity (Wildman–Crippen MR) is 90.7 cm³/mol. The monoisotopic (exact) mass is 309 g/mol. The van der Waals surface area contributed by atoms with E-state index < -0.39 is 0 Å². The standard InChI is InChI=1S/C18H19N3O2/c1-13(2)21-12-19-16-10-14(8-9-17(16)21)20-18(22)11-23-15-6-4-3-5-7-15/h3-10,12-13H,11H2,1-2H3,(H,20,22). The van der Waals surface area contributed by atoms with Crippen molar-refractivity contribution in [1.29, 1.82) is 0 Å². The molecular formula is C18H19N3O2. The second-order valence-electron chi connectivity index (χ2n) is 5.60. The van der Waals surface area contributed by atoms with Crippen LogP contribution in [0.25, 0.3) is 11.0 Å². The number of carbonyl (C=O) groups is 1. The second-order valence-corrected chi connectivity index (χ2v) is 5.60. The molecule has 2 aromatic carbocycles. The van der Waals surface area contributed by atoms with Gasteiger partial charge in [0.25, 0.3) is 5.91 Å². The molecule has 23 heavy (non-hydrogen) atoms. The first-order chi connectivity index (χ1) is 11.1. The van der Waals surface area contributed by atoms with Crippen LogP contribution in [0.15, 0.2) is 54.9 Å². The molecule has 1 aromatic heterocycles. The van der Waals surface area contributed by atoms with Crippen molar-refractivity contribution in [3.63, 3.8) is 0 Å². The summed E-state index contributed by atoms with van der Waals surface area (Å²) in [6.45, 7) is 4.19. The molecule has 3 rings (SSSR count). The quantitative estimate of drug-likeness (QED) is 0.783. The van der Waals surface area contributed by atoms with Crippen molar-refractivity contribution >= 4 is 22.6 Å². The van der Waals surface area contributed by atoms with E-state index in [4.69, 9.17) is 4.74 Å². The number of hydrogen-bond acceptors (Lipinski definition) is 3. The lowest BCUT2D eigenvalue weighted by molar-refractivity contribution is -0.118. The summed E-state index contributed by atoms with van der Waals surface area (Å²) in [6.07, 6.45) is 1.82. The topological polar surface area (TPSA) is 56.2 Å². The van der Waals surface area contributed by atoms with Crippen molar-refractivity contribution in [2.45, 2.75) is 19.9 Å². The van der Waals surface area contributed by atoms with Crippen LogP contribution in [-0.2, 0) is 4.79 Å². The highest BCUT2D eigenvalue weighted by Gasteiger charge is 2.08. The summed E-state index contributed by atoms with van der Waals surface area (Å²) >= 11 is 0. The van der Waals surface area contributed by atoms with Crippen LogP contribution < -0.4 is 10.1 Å². The molecule has 1 amide bonds. The fourth-order valence-electron chi connectivity index (χ4n) is 2.38. The van der Waals surface area contributed by atoms with Crippen molar-refractivity contribution in [3.05, 3.63) is 54.9 Å². The third kappa shape index (κ3) is 3.51. The molecule has 5 nitrogen and oxygen atoms in total. The van der Waals surface area contributed by atoms with Gasteiger partial charge in [0, 0.05) is 11.7 Å². The van der Waals surface area contributed by atoms with E-state index in [9.17, 15) is 4.79 Å². The molecule has 0 unspecified atom stereocenters. The van der Waals surface area contributed by atoms with E-state index in [1.807, 2.05) is 54.9 Å². The van der Waals surface area contributed by atoms with Crippen molar-refractivity contribution in [3.8, 4) is 5.75 Å². The summed E-state index contributed by atoms with van der Waals surface area (Å²) in [5.74, 6) is 0.477.